The number of piperidine rings is 1. The van der Waals surface area contributed by atoms with Crippen LogP contribution in [-0.2, 0) is 0 Å². The second-order valence-corrected chi connectivity index (χ2v) is 5.36. The molecule has 1 N–H and O–H groups in total. The van der Waals surface area contributed by atoms with E-state index in [4.69, 9.17) is 0 Å². The van der Waals surface area contributed by atoms with Gasteiger partial charge >= 0.3 is 0 Å². The maximum Gasteiger partial charge on any atom is 0.253 e. The molecule has 0 radical (unpaired) electrons. The first kappa shape index (κ1) is 12.2. The Kier molecular flexibility index (Phi) is 3.80. The van der Waals surface area contributed by atoms with Gasteiger partial charge in [0.05, 0.1) is 0 Å². The Hall–Kier alpha value is -0.220. The zero-order chi connectivity index (χ0) is 11.6. The molecule has 16 heavy (non-hydrogen) atoms. The molecule has 2 atom stereocenters. The Bertz CT molecular complexity index is 227. The summed E-state index contributed by atoms with van der Waals surface area (Å²) in [5.41, 5.74) is 0. The molecule has 0 bridgehead atoms. The van der Waals surface area contributed by atoms with Crippen LogP contribution in [0.4, 0.5) is 8.78 Å². The van der Waals surface area contributed by atoms with Crippen LogP contribution in [0, 0.1) is 5.92 Å². The number of rotatable bonds is 3. The maximum absolute atomic E-state index is 14.0. The standard InChI is InChI=1S/C12H22F2N2/c1-16-7-5-10(9-16)12(13,14)8-11-4-2-3-6-15-11/h10-11,15H,2-9H2,1H3. The molecule has 0 aromatic rings. The molecule has 2 nitrogen and oxygen atoms in total. The van der Waals surface area contributed by atoms with Crippen LogP contribution in [-0.4, -0.2) is 43.5 Å². The third-order valence-corrected chi connectivity index (χ3v) is 3.92. The van der Waals surface area contributed by atoms with E-state index in [0.29, 0.717) is 13.0 Å². The first-order valence-electron chi connectivity index (χ1n) is 6.38. The van der Waals surface area contributed by atoms with Gasteiger partial charge < -0.3 is 10.2 Å². The van der Waals surface area contributed by atoms with Crippen LogP contribution in [0.25, 0.3) is 0 Å². The number of likely N-dealkylation sites (tertiary alicyclic amines) is 1. The zero-order valence-electron chi connectivity index (χ0n) is 10.0. The number of hydrogen-bond donors (Lipinski definition) is 1. The van der Waals surface area contributed by atoms with Crippen molar-refractivity contribution >= 4 is 0 Å². The summed E-state index contributed by atoms with van der Waals surface area (Å²) in [6.45, 7) is 2.28. The molecule has 2 unspecified atom stereocenters. The summed E-state index contributed by atoms with van der Waals surface area (Å²) in [5, 5.41) is 3.22. The molecule has 4 heteroatoms. The van der Waals surface area contributed by atoms with Crippen LogP contribution in [0.2, 0.25) is 0 Å². The lowest BCUT2D eigenvalue weighted by atomic mass is 9.91. The monoisotopic (exact) mass is 232 g/mol. The molecule has 2 aliphatic heterocycles. The third-order valence-electron chi connectivity index (χ3n) is 3.92. The number of halogens is 2. The van der Waals surface area contributed by atoms with Crippen molar-refractivity contribution in [1.82, 2.24) is 10.2 Å². The smallest absolute Gasteiger partial charge is 0.253 e. The highest BCUT2D eigenvalue weighted by Crippen LogP contribution is 2.36. The fraction of sp³-hybridized carbons (Fsp3) is 1.00. The highest BCUT2D eigenvalue weighted by atomic mass is 19.3. The second-order valence-electron chi connectivity index (χ2n) is 5.36. The van der Waals surface area contributed by atoms with E-state index in [-0.39, 0.29) is 12.5 Å². The Morgan fingerprint density at radius 2 is 2.12 bits per heavy atom. The Morgan fingerprint density at radius 1 is 1.31 bits per heavy atom. The highest BCUT2D eigenvalue weighted by Gasteiger charge is 2.43. The van der Waals surface area contributed by atoms with E-state index < -0.39 is 11.8 Å². The van der Waals surface area contributed by atoms with Gasteiger partial charge in [-0.3, -0.25) is 0 Å². The van der Waals surface area contributed by atoms with Crippen molar-refractivity contribution in [2.75, 3.05) is 26.7 Å². The summed E-state index contributed by atoms with van der Waals surface area (Å²) in [6, 6.07) is 0.0367. The third kappa shape index (κ3) is 2.92. The van der Waals surface area contributed by atoms with Crippen molar-refractivity contribution in [2.24, 2.45) is 5.92 Å². The minimum atomic E-state index is -2.49. The maximum atomic E-state index is 14.0. The molecular formula is C12H22F2N2. The van der Waals surface area contributed by atoms with Gasteiger partial charge in [-0.25, -0.2) is 8.78 Å². The SMILES string of the molecule is CN1CCC(C(F)(F)CC2CCCCN2)C1. The molecule has 0 amide bonds. The van der Waals surface area contributed by atoms with Gasteiger partial charge in [0.15, 0.2) is 0 Å². The van der Waals surface area contributed by atoms with Gasteiger partial charge in [0, 0.05) is 24.9 Å². The lowest BCUT2D eigenvalue weighted by molar-refractivity contribution is -0.0695. The normalized spacial score (nSPS) is 33.2. The summed E-state index contributed by atoms with van der Waals surface area (Å²) in [6.07, 6.45) is 3.83. The lowest BCUT2D eigenvalue weighted by Gasteiger charge is -2.30. The predicted molar refractivity (Wildman–Crippen MR) is 60.8 cm³/mol. The topological polar surface area (TPSA) is 15.3 Å². The Morgan fingerprint density at radius 3 is 2.69 bits per heavy atom. The van der Waals surface area contributed by atoms with Crippen LogP contribution in [0.1, 0.15) is 32.1 Å². The molecule has 0 aromatic carbocycles. The van der Waals surface area contributed by atoms with Crippen molar-refractivity contribution < 1.29 is 8.78 Å². The zero-order valence-corrected chi connectivity index (χ0v) is 10.0. The predicted octanol–water partition coefficient (Wildman–Crippen LogP) is 2.11. The van der Waals surface area contributed by atoms with E-state index in [1.54, 1.807) is 0 Å². The van der Waals surface area contributed by atoms with Crippen LogP contribution in [0.5, 0.6) is 0 Å². The minimum Gasteiger partial charge on any atom is -0.314 e. The number of nitrogens with one attached hydrogen (secondary N) is 1. The summed E-state index contributed by atoms with van der Waals surface area (Å²) >= 11 is 0. The van der Waals surface area contributed by atoms with Crippen LogP contribution >= 0.6 is 0 Å². The first-order chi connectivity index (χ1) is 7.58. The van der Waals surface area contributed by atoms with Crippen LogP contribution < -0.4 is 5.32 Å². The summed E-state index contributed by atoms with van der Waals surface area (Å²) < 4.78 is 28.0. The molecule has 2 aliphatic rings. The number of hydrogen-bond acceptors (Lipinski definition) is 2. The van der Waals surface area contributed by atoms with E-state index in [2.05, 4.69) is 5.32 Å². The summed E-state index contributed by atoms with van der Waals surface area (Å²) in [5.74, 6) is -2.92. The van der Waals surface area contributed by atoms with Gasteiger partial charge in [0.25, 0.3) is 5.92 Å². The molecule has 0 aliphatic carbocycles. The molecule has 0 aromatic heterocycles. The molecule has 2 rings (SSSR count). The van der Waals surface area contributed by atoms with Crippen molar-refractivity contribution in [3.63, 3.8) is 0 Å². The Balaban J connectivity index is 1.85. The van der Waals surface area contributed by atoms with Crippen molar-refractivity contribution in [2.45, 2.75) is 44.1 Å². The van der Waals surface area contributed by atoms with Gasteiger partial charge in [0.1, 0.15) is 0 Å². The quantitative estimate of drug-likeness (QED) is 0.801. The summed E-state index contributed by atoms with van der Waals surface area (Å²) in [7, 11) is 1.93. The fourth-order valence-corrected chi connectivity index (χ4v) is 2.87. The number of nitrogens with zero attached hydrogens (tertiary/aromatic N) is 1. The van der Waals surface area contributed by atoms with Gasteiger partial charge in [-0.2, -0.15) is 0 Å². The van der Waals surface area contributed by atoms with Gasteiger partial charge in [-0.05, 0) is 39.4 Å². The van der Waals surface area contributed by atoms with E-state index >= 15 is 0 Å². The van der Waals surface area contributed by atoms with Crippen molar-refractivity contribution in [1.29, 1.82) is 0 Å². The molecule has 0 spiro atoms. The average molecular weight is 232 g/mol. The lowest BCUT2D eigenvalue weighted by Crippen LogP contribution is -2.42. The molecular weight excluding hydrogens is 210 g/mol. The first-order valence-corrected chi connectivity index (χ1v) is 6.38. The second kappa shape index (κ2) is 4.96. The van der Waals surface area contributed by atoms with Crippen LogP contribution in [0.15, 0.2) is 0 Å². The average Bonchev–Trinajstić information content (AvgIpc) is 2.66. The fourth-order valence-electron chi connectivity index (χ4n) is 2.87. The van der Waals surface area contributed by atoms with E-state index in [0.717, 1.165) is 32.4 Å². The van der Waals surface area contributed by atoms with Crippen molar-refractivity contribution in [3.05, 3.63) is 0 Å². The van der Waals surface area contributed by atoms with Gasteiger partial charge in [-0.15, -0.1) is 0 Å². The van der Waals surface area contributed by atoms with E-state index in [1.807, 2.05) is 11.9 Å². The highest BCUT2D eigenvalue weighted by molar-refractivity contribution is 4.89. The largest absolute Gasteiger partial charge is 0.314 e. The van der Waals surface area contributed by atoms with E-state index in [9.17, 15) is 8.78 Å². The van der Waals surface area contributed by atoms with Crippen LogP contribution in [0.3, 0.4) is 0 Å². The Labute approximate surface area is 96.4 Å². The minimum absolute atomic E-state index is 0.0332. The van der Waals surface area contributed by atoms with Gasteiger partial charge in [-0.1, -0.05) is 6.42 Å². The van der Waals surface area contributed by atoms with Crippen molar-refractivity contribution in [3.8, 4) is 0 Å². The summed E-state index contributed by atoms with van der Waals surface area (Å²) in [4.78, 5) is 2.01. The molecule has 2 heterocycles. The van der Waals surface area contributed by atoms with E-state index in [1.165, 1.54) is 0 Å². The number of alkyl halides is 2. The molecule has 2 saturated heterocycles. The molecule has 2 fully saturated rings. The molecule has 0 saturated carbocycles. The molecule has 94 valence electrons. The van der Waals surface area contributed by atoms with Gasteiger partial charge in [0.2, 0.25) is 0 Å².